The van der Waals surface area contributed by atoms with Gasteiger partial charge in [0.15, 0.2) is 0 Å². The lowest BCUT2D eigenvalue weighted by Crippen LogP contribution is -2.29. The molecule has 0 amide bonds. The van der Waals surface area contributed by atoms with Gasteiger partial charge in [-0.2, -0.15) is 11.8 Å². The summed E-state index contributed by atoms with van der Waals surface area (Å²) in [6.07, 6.45) is 1.26. The highest BCUT2D eigenvalue weighted by atomic mass is 35.5. The maximum absolute atomic E-state index is 6.40. The van der Waals surface area contributed by atoms with Gasteiger partial charge in [-0.15, -0.1) is 0 Å². The number of nitrogens with one attached hydrogen (secondary N) is 1. The zero-order valence-electron chi connectivity index (χ0n) is 11.8. The van der Waals surface area contributed by atoms with Crippen LogP contribution < -0.4 is 10.2 Å². The van der Waals surface area contributed by atoms with E-state index in [2.05, 4.69) is 48.0 Å². The number of halogens is 1. The lowest BCUT2D eigenvalue weighted by Gasteiger charge is -2.26. The van der Waals surface area contributed by atoms with E-state index >= 15 is 0 Å². The SMILES string of the molecule is CC(C)NCc1c(Cl)cccc1N1CCCSCC1. The van der Waals surface area contributed by atoms with E-state index in [4.69, 9.17) is 11.6 Å². The third kappa shape index (κ3) is 4.30. The molecule has 1 aliphatic heterocycles. The summed E-state index contributed by atoms with van der Waals surface area (Å²) in [6, 6.07) is 6.74. The van der Waals surface area contributed by atoms with Gasteiger partial charge in [-0.1, -0.05) is 31.5 Å². The fourth-order valence-corrected chi connectivity index (χ4v) is 3.43. The number of hydrogen-bond acceptors (Lipinski definition) is 3. The van der Waals surface area contributed by atoms with Crippen LogP contribution in [-0.2, 0) is 6.54 Å². The van der Waals surface area contributed by atoms with Gasteiger partial charge < -0.3 is 10.2 Å². The molecular weight excluding hydrogens is 276 g/mol. The maximum atomic E-state index is 6.40. The molecule has 1 aliphatic rings. The summed E-state index contributed by atoms with van der Waals surface area (Å²) in [5, 5.41) is 4.36. The fourth-order valence-electron chi connectivity index (χ4n) is 2.31. The Morgan fingerprint density at radius 3 is 2.95 bits per heavy atom. The monoisotopic (exact) mass is 298 g/mol. The van der Waals surface area contributed by atoms with E-state index in [1.165, 1.54) is 29.2 Å². The molecule has 0 atom stereocenters. The van der Waals surface area contributed by atoms with Gasteiger partial charge in [0, 0.05) is 47.7 Å². The molecule has 0 aromatic heterocycles. The predicted molar refractivity (Wildman–Crippen MR) is 87.6 cm³/mol. The van der Waals surface area contributed by atoms with Crippen molar-refractivity contribution >= 4 is 29.1 Å². The molecule has 0 unspecified atom stereocenters. The molecule has 1 heterocycles. The minimum Gasteiger partial charge on any atom is -0.370 e. The number of anilines is 1. The number of hydrogen-bond donors (Lipinski definition) is 1. The fraction of sp³-hybridized carbons (Fsp3) is 0.600. The maximum Gasteiger partial charge on any atom is 0.0471 e. The summed E-state index contributed by atoms with van der Waals surface area (Å²) in [7, 11) is 0. The van der Waals surface area contributed by atoms with Gasteiger partial charge in [0.25, 0.3) is 0 Å². The normalized spacial score (nSPS) is 16.7. The van der Waals surface area contributed by atoms with Crippen LogP contribution in [0.5, 0.6) is 0 Å². The first-order valence-electron chi connectivity index (χ1n) is 7.02. The van der Waals surface area contributed by atoms with Crippen LogP contribution in [-0.4, -0.2) is 30.6 Å². The van der Waals surface area contributed by atoms with Crippen LogP contribution in [0.1, 0.15) is 25.8 Å². The summed E-state index contributed by atoms with van der Waals surface area (Å²) in [6.45, 7) is 7.44. The van der Waals surface area contributed by atoms with Crippen LogP contribution in [0, 0.1) is 0 Å². The van der Waals surface area contributed by atoms with E-state index in [0.29, 0.717) is 6.04 Å². The quantitative estimate of drug-likeness (QED) is 0.911. The molecule has 1 fully saturated rings. The van der Waals surface area contributed by atoms with Crippen molar-refractivity contribution in [3.05, 3.63) is 28.8 Å². The predicted octanol–water partition coefficient (Wildman–Crippen LogP) is 3.78. The minimum absolute atomic E-state index is 0.476. The number of rotatable bonds is 4. The summed E-state index contributed by atoms with van der Waals surface area (Å²) >= 11 is 8.45. The van der Waals surface area contributed by atoms with Crippen LogP contribution in [0.15, 0.2) is 18.2 Å². The summed E-state index contributed by atoms with van der Waals surface area (Å²) in [5.74, 6) is 2.49. The molecule has 4 heteroatoms. The minimum atomic E-state index is 0.476. The smallest absolute Gasteiger partial charge is 0.0471 e. The molecular formula is C15H23ClN2S. The Balaban J connectivity index is 2.19. The van der Waals surface area contributed by atoms with Crippen LogP contribution in [0.25, 0.3) is 0 Å². The van der Waals surface area contributed by atoms with Gasteiger partial charge in [0.1, 0.15) is 0 Å². The highest BCUT2D eigenvalue weighted by Gasteiger charge is 2.15. The van der Waals surface area contributed by atoms with Crippen molar-refractivity contribution in [2.24, 2.45) is 0 Å². The highest BCUT2D eigenvalue weighted by molar-refractivity contribution is 7.99. The summed E-state index contributed by atoms with van der Waals surface area (Å²) in [4.78, 5) is 2.49. The summed E-state index contributed by atoms with van der Waals surface area (Å²) < 4.78 is 0. The zero-order chi connectivity index (χ0) is 13.7. The molecule has 1 aromatic rings. The van der Waals surface area contributed by atoms with Gasteiger partial charge in [-0.3, -0.25) is 0 Å². The molecule has 0 aliphatic carbocycles. The Hall–Kier alpha value is -0.380. The average Bonchev–Trinajstić information content (AvgIpc) is 2.65. The van der Waals surface area contributed by atoms with Crippen molar-refractivity contribution < 1.29 is 0 Å². The van der Waals surface area contributed by atoms with Crippen LogP contribution in [0.3, 0.4) is 0 Å². The second kappa shape index (κ2) is 7.41. The lowest BCUT2D eigenvalue weighted by atomic mass is 10.1. The Kier molecular flexibility index (Phi) is 5.86. The van der Waals surface area contributed by atoms with Crippen molar-refractivity contribution in [1.29, 1.82) is 0 Å². The molecule has 106 valence electrons. The van der Waals surface area contributed by atoms with Gasteiger partial charge in [-0.05, 0) is 24.3 Å². The van der Waals surface area contributed by atoms with Crippen molar-refractivity contribution in [3.8, 4) is 0 Å². The van der Waals surface area contributed by atoms with Gasteiger partial charge in [-0.25, -0.2) is 0 Å². The van der Waals surface area contributed by atoms with Crippen LogP contribution in [0.4, 0.5) is 5.69 Å². The van der Waals surface area contributed by atoms with E-state index in [1.807, 2.05) is 6.07 Å². The van der Waals surface area contributed by atoms with Gasteiger partial charge >= 0.3 is 0 Å². The van der Waals surface area contributed by atoms with Crippen LogP contribution >= 0.6 is 23.4 Å². The molecule has 1 aromatic carbocycles. The average molecular weight is 299 g/mol. The lowest BCUT2D eigenvalue weighted by molar-refractivity contribution is 0.588. The molecule has 0 bridgehead atoms. The van der Waals surface area contributed by atoms with Crippen molar-refractivity contribution in [1.82, 2.24) is 5.32 Å². The molecule has 19 heavy (non-hydrogen) atoms. The number of benzene rings is 1. The first-order valence-corrected chi connectivity index (χ1v) is 8.55. The standard InChI is InChI=1S/C15H23ClN2S/c1-12(2)17-11-13-14(16)5-3-6-15(13)18-7-4-9-19-10-8-18/h3,5-6,12,17H,4,7-11H2,1-2H3. The van der Waals surface area contributed by atoms with E-state index in [9.17, 15) is 0 Å². The van der Waals surface area contributed by atoms with E-state index in [-0.39, 0.29) is 0 Å². The number of nitrogens with zero attached hydrogens (tertiary/aromatic N) is 1. The Morgan fingerprint density at radius 1 is 1.32 bits per heavy atom. The van der Waals surface area contributed by atoms with Crippen LogP contribution in [0.2, 0.25) is 5.02 Å². The molecule has 1 saturated heterocycles. The largest absolute Gasteiger partial charge is 0.370 e. The molecule has 0 spiro atoms. The zero-order valence-corrected chi connectivity index (χ0v) is 13.4. The molecule has 1 N–H and O–H groups in total. The van der Waals surface area contributed by atoms with E-state index in [0.717, 1.165) is 24.7 Å². The second-order valence-corrected chi connectivity index (χ2v) is 6.86. The Labute approximate surface area is 125 Å². The van der Waals surface area contributed by atoms with Crippen molar-refractivity contribution in [3.63, 3.8) is 0 Å². The molecule has 2 nitrogen and oxygen atoms in total. The summed E-state index contributed by atoms with van der Waals surface area (Å²) in [5.41, 5.74) is 2.55. The molecule has 0 radical (unpaired) electrons. The molecule has 2 rings (SSSR count). The van der Waals surface area contributed by atoms with Crippen molar-refractivity contribution in [2.45, 2.75) is 32.9 Å². The first-order chi connectivity index (χ1) is 9.18. The highest BCUT2D eigenvalue weighted by Crippen LogP contribution is 2.29. The van der Waals surface area contributed by atoms with Gasteiger partial charge in [0.2, 0.25) is 0 Å². The molecule has 0 saturated carbocycles. The van der Waals surface area contributed by atoms with Gasteiger partial charge in [0.05, 0.1) is 0 Å². The first kappa shape index (κ1) is 15.0. The third-order valence-electron chi connectivity index (χ3n) is 3.34. The number of thioether (sulfide) groups is 1. The Morgan fingerprint density at radius 2 is 2.16 bits per heavy atom. The topological polar surface area (TPSA) is 15.3 Å². The second-order valence-electron chi connectivity index (χ2n) is 5.23. The van der Waals surface area contributed by atoms with Crippen molar-refractivity contribution in [2.75, 3.05) is 29.5 Å². The van der Waals surface area contributed by atoms with E-state index in [1.54, 1.807) is 0 Å². The van der Waals surface area contributed by atoms with E-state index < -0.39 is 0 Å². The Bertz CT molecular complexity index is 401. The third-order valence-corrected chi connectivity index (χ3v) is 4.75.